The highest BCUT2D eigenvalue weighted by Gasteiger charge is 2.29. The van der Waals surface area contributed by atoms with Gasteiger partial charge < -0.3 is 9.73 Å². The van der Waals surface area contributed by atoms with Crippen LogP contribution in [-0.2, 0) is 10.0 Å². The minimum atomic E-state index is -3.53. The second-order valence-corrected chi connectivity index (χ2v) is 10.2. The van der Waals surface area contributed by atoms with Gasteiger partial charge in [0, 0.05) is 30.1 Å². The highest BCUT2D eigenvalue weighted by Crippen LogP contribution is 2.30. The normalized spacial score (nSPS) is 20.1. The van der Waals surface area contributed by atoms with Gasteiger partial charge in [-0.3, -0.25) is 4.79 Å². The minimum Gasteiger partial charge on any atom is -0.451 e. The zero-order valence-corrected chi connectivity index (χ0v) is 17.3. The molecule has 1 N–H and O–H groups in total. The standard InChI is InChI=1S/C21H28N2O4S/c1-14-9-11-23(12-10-14)28(25,26)17-7-8-19-18(13-17)15(2)20(27-19)21(24)22-16-5-3-4-6-16/h7-8,13-14,16H,3-6,9-12H2,1-2H3,(H,22,24). The molecule has 2 aromatic rings. The van der Waals surface area contributed by atoms with E-state index in [1.54, 1.807) is 22.5 Å². The van der Waals surface area contributed by atoms with Crippen molar-refractivity contribution in [1.29, 1.82) is 0 Å². The Morgan fingerprint density at radius 3 is 2.50 bits per heavy atom. The van der Waals surface area contributed by atoms with Gasteiger partial charge in [-0.15, -0.1) is 0 Å². The fraction of sp³-hybridized carbons (Fsp3) is 0.571. The van der Waals surface area contributed by atoms with E-state index in [-0.39, 0.29) is 22.6 Å². The van der Waals surface area contributed by atoms with Gasteiger partial charge in [0.1, 0.15) is 5.58 Å². The minimum absolute atomic E-state index is 0.206. The Bertz CT molecular complexity index is 981. The van der Waals surface area contributed by atoms with Crippen LogP contribution in [0.2, 0.25) is 0 Å². The maximum atomic E-state index is 13.0. The molecule has 2 heterocycles. The highest BCUT2D eigenvalue weighted by atomic mass is 32.2. The molecule has 7 heteroatoms. The molecule has 4 rings (SSSR count). The molecule has 1 aliphatic heterocycles. The summed E-state index contributed by atoms with van der Waals surface area (Å²) in [4.78, 5) is 12.9. The van der Waals surface area contributed by atoms with Crippen molar-refractivity contribution >= 4 is 26.9 Å². The van der Waals surface area contributed by atoms with E-state index >= 15 is 0 Å². The summed E-state index contributed by atoms with van der Waals surface area (Å²) < 4.78 is 33.4. The van der Waals surface area contributed by atoms with Crippen LogP contribution in [0.4, 0.5) is 0 Å². The number of hydrogen-bond donors (Lipinski definition) is 1. The Kier molecular flexibility index (Phi) is 5.22. The average Bonchev–Trinajstić information content (AvgIpc) is 3.30. The van der Waals surface area contributed by atoms with Crippen LogP contribution in [0.15, 0.2) is 27.5 Å². The van der Waals surface area contributed by atoms with Gasteiger partial charge >= 0.3 is 0 Å². The molecule has 1 saturated heterocycles. The third-order valence-corrected chi connectivity index (χ3v) is 8.08. The third kappa shape index (κ3) is 3.57. The van der Waals surface area contributed by atoms with Gasteiger partial charge in [0.2, 0.25) is 10.0 Å². The summed E-state index contributed by atoms with van der Waals surface area (Å²) in [5.74, 6) is 0.629. The van der Waals surface area contributed by atoms with Crippen LogP contribution < -0.4 is 5.32 Å². The number of aryl methyl sites for hydroxylation is 1. The van der Waals surface area contributed by atoms with E-state index in [9.17, 15) is 13.2 Å². The molecule has 1 aromatic heterocycles. The van der Waals surface area contributed by atoms with Crippen molar-refractivity contribution in [2.24, 2.45) is 5.92 Å². The third-order valence-electron chi connectivity index (χ3n) is 6.18. The average molecular weight is 405 g/mol. The molecular weight excluding hydrogens is 376 g/mol. The summed E-state index contributed by atoms with van der Waals surface area (Å²) in [6.45, 7) is 5.08. The molecule has 1 amide bonds. The smallest absolute Gasteiger partial charge is 0.287 e. The second kappa shape index (κ2) is 7.52. The lowest BCUT2D eigenvalue weighted by atomic mass is 10.0. The Morgan fingerprint density at radius 1 is 1.14 bits per heavy atom. The van der Waals surface area contributed by atoms with Crippen molar-refractivity contribution in [1.82, 2.24) is 9.62 Å². The molecule has 28 heavy (non-hydrogen) atoms. The number of hydrogen-bond acceptors (Lipinski definition) is 4. The van der Waals surface area contributed by atoms with Crippen molar-refractivity contribution in [3.8, 4) is 0 Å². The lowest BCUT2D eigenvalue weighted by molar-refractivity contribution is 0.0911. The molecule has 2 aliphatic rings. The van der Waals surface area contributed by atoms with Crippen molar-refractivity contribution in [2.45, 2.75) is 63.3 Å². The quantitative estimate of drug-likeness (QED) is 0.840. The van der Waals surface area contributed by atoms with Crippen LogP contribution in [0.5, 0.6) is 0 Å². The Balaban J connectivity index is 1.62. The predicted octanol–water partition coefficient (Wildman–Crippen LogP) is 3.83. The van der Waals surface area contributed by atoms with Crippen LogP contribution in [0.25, 0.3) is 11.0 Å². The first-order chi connectivity index (χ1) is 13.4. The number of benzene rings is 1. The molecule has 2 fully saturated rings. The van der Waals surface area contributed by atoms with Gasteiger partial charge in [0.25, 0.3) is 5.91 Å². The molecule has 1 aromatic carbocycles. The number of amides is 1. The predicted molar refractivity (Wildman–Crippen MR) is 108 cm³/mol. The summed E-state index contributed by atoms with van der Waals surface area (Å²) in [6.07, 6.45) is 6.06. The second-order valence-electron chi connectivity index (χ2n) is 8.26. The van der Waals surface area contributed by atoms with Crippen LogP contribution in [0.1, 0.15) is 61.6 Å². The molecule has 0 spiro atoms. The number of rotatable bonds is 4. The monoisotopic (exact) mass is 404 g/mol. The number of fused-ring (bicyclic) bond motifs is 1. The number of furan rings is 1. The zero-order chi connectivity index (χ0) is 19.9. The van der Waals surface area contributed by atoms with Gasteiger partial charge in [0.15, 0.2) is 5.76 Å². The number of nitrogens with one attached hydrogen (secondary N) is 1. The van der Waals surface area contributed by atoms with E-state index in [0.29, 0.717) is 35.5 Å². The van der Waals surface area contributed by atoms with Crippen molar-refractivity contribution in [3.63, 3.8) is 0 Å². The summed E-state index contributed by atoms with van der Waals surface area (Å²) >= 11 is 0. The molecule has 6 nitrogen and oxygen atoms in total. The van der Waals surface area contributed by atoms with Gasteiger partial charge in [-0.1, -0.05) is 19.8 Å². The number of carbonyl (C=O) groups excluding carboxylic acids is 1. The first-order valence-corrected chi connectivity index (χ1v) is 11.6. The number of nitrogens with zero attached hydrogens (tertiary/aromatic N) is 1. The van der Waals surface area contributed by atoms with Crippen molar-refractivity contribution < 1.29 is 17.6 Å². The van der Waals surface area contributed by atoms with Gasteiger partial charge in [0.05, 0.1) is 4.90 Å². The number of piperidine rings is 1. The SMILES string of the molecule is Cc1c(C(=O)NC2CCCC2)oc2ccc(S(=O)(=O)N3CCC(C)CC3)cc12. The van der Waals surface area contributed by atoms with Crippen LogP contribution in [0, 0.1) is 12.8 Å². The van der Waals surface area contributed by atoms with E-state index in [4.69, 9.17) is 4.42 Å². The molecule has 0 unspecified atom stereocenters. The van der Waals surface area contributed by atoms with Crippen LogP contribution in [0.3, 0.4) is 0 Å². The maximum Gasteiger partial charge on any atom is 0.287 e. The van der Waals surface area contributed by atoms with E-state index in [2.05, 4.69) is 12.2 Å². The molecule has 0 bridgehead atoms. The topological polar surface area (TPSA) is 79.6 Å². The summed E-state index contributed by atoms with van der Waals surface area (Å²) in [7, 11) is -3.53. The fourth-order valence-corrected chi connectivity index (χ4v) is 5.77. The van der Waals surface area contributed by atoms with Crippen molar-refractivity contribution in [3.05, 3.63) is 29.5 Å². The molecule has 1 saturated carbocycles. The van der Waals surface area contributed by atoms with Gasteiger partial charge in [-0.05, 0) is 56.7 Å². The zero-order valence-electron chi connectivity index (χ0n) is 16.5. The maximum absolute atomic E-state index is 13.0. The fourth-order valence-electron chi connectivity index (χ4n) is 4.27. The molecule has 1 aliphatic carbocycles. The first-order valence-electron chi connectivity index (χ1n) is 10.2. The van der Waals surface area contributed by atoms with Gasteiger partial charge in [-0.2, -0.15) is 4.31 Å². The molecule has 152 valence electrons. The van der Waals surface area contributed by atoms with Crippen LogP contribution >= 0.6 is 0 Å². The summed E-state index contributed by atoms with van der Waals surface area (Å²) in [5, 5.41) is 3.72. The highest BCUT2D eigenvalue weighted by molar-refractivity contribution is 7.89. The Morgan fingerprint density at radius 2 is 1.82 bits per heavy atom. The molecule has 0 radical (unpaired) electrons. The molecular formula is C21H28N2O4S. The van der Waals surface area contributed by atoms with Crippen molar-refractivity contribution in [2.75, 3.05) is 13.1 Å². The first kappa shape index (κ1) is 19.5. The van der Waals surface area contributed by atoms with Gasteiger partial charge in [-0.25, -0.2) is 8.42 Å². The van der Waals surface area contributed by atoms with E-state index in [1.165, 1.54) is 0 Å². The largest absolute Gasteiger partial charge is 0.451 e. The van der Waals surface area contributed by atoms with E-state index < -0.39 is 10.0 Å². The summed E-state index contributed by atoms with van der Waals surface area (Å²) in [6, 6.07) is 5.09. The number of sulfonamides is 1. The Labute approximate surface area is 166 Å². The lowest BCUT2D eigenvalue weighted by Crippen LogP contribution is -2.37. The van der Waals surface area contributed by atoms with E-state index in [1.807, 2.05) is 6.92 Å². The number of carbonyl (C=O) groups is 1. The van der Waals surface area contributed by atoms with E-state index in [0.717, 1.165) is 38.5 Å². The lowest BCUT2D eigenvalue weighted by Gasteiger charge is -2.29. The van der Waals surface area contributed by atoms with Crippen LogP contribution in [-0.4, -0.2) is 37.8 Å². The summed E-state index contributed by atoms with van der Waals surface area (Å²) in [5.41, 5.74) is 1.23. The Hall–Kier alpha value is -1.86. The molecule has 0 atom stereocenters.